The van der Waals surface area contributed by atoms with E-state index in [0.717, 1.165) is 5.92 Å². The predicted octanol–water partition coefficient (Wildman–Crippen LogP) is 6.48. The third-order valence-corrected chi connectivity index (χ3v) is 4.44. The lowest BCUT2D eigenvalue weighted by molar-refractivity contribution is -0.123. The van der Waals surface area contributed by atoms with E-state index in [0.29, 0.717) is 24.0 Å². The maximum absolute atomic E-state index is 11.7. The maximum Gasteiger partial charge on any atom is 0.137 e. The van der Waals surface area contributed by atoms with Crippen molar-refractivity contribution in [3.05, 3.63) is 0 Å². The van der Waals surface area contributed by atoms with Crippen LogP contribution < -0.4 is 0 Å². The van der Waals surface area contributed by atoms with Crippen molar-refractivity contribution in [2.75, 3.05) is 5.88 Å². The maximum atomic E-state index is 11.7. The second-order valence-electron chi connectivity index (χ2n) is 5.82. The molecule has 0 aromatic heterocycles. The van der Waals surface area contributed by atoms with Crippen molar-refractivity contribution >= 4 is 17.4 Å². The van der Waals surface area contributed by atoms with Gasteiger partial charge in [0.25, 0.3) is 0 Å². The Balaban J connectivity index is 0. The van der Waals surface area contributed by atoms with Gasteiger partial charge in [-0.25, -0.2) is 0 Å². The number of alkyl halides is 1. The Kier molecular flexibility index (Phi) is 17.1. The number of hydrogen-bond acceptors (Lipinski definition) is 1. The molecule has 0 heterocycles. The molecule has 122 valence electrons. The van der Waals surface area contributed by atoms with Gasteiger partial charge in [0, 0.05) is 18.2 Å². The molecule has 0 aromatic carbocycles. The number of carbonyl (C=O) groups excluding carboxylic acids is 1. The van der Waals surface area contributed by atoms with Crippen LogP contribution in [0.4, 0.5) is 0 Å². The molecule has 3 atom stereocenters. The van der Waals surface area contributed by atoms with E-state index in [2.05, 4.69) is 27.7 Å². The van der Waals surface area contributed by atoms with Crippen molar-refractivity contribution in [3.8, 4) is 0 Å². The van der Waals surface area contributed by atoms with Gasteiger partial charge in [-0.15, -0.1) is 11.6 Å². The molecule has 1 nitrogen and oxygen atoms in total. The molecule has 0 bridgehead atoms. The van der Waals surface area contributed by atoms with Gasteiger partial charge in [-0.3, -0.25) is 4.79 Å². The topological polar surface area (TPSA) is 17.1 Å². The lowest BCUT2D eigenvalue weighted by Crippen LogP contribution is -2.19. The Morgan fingerprint density at radius 1 is 1.00 bits per heavy atom. The SMILES string of the molecule is CC.CCC(C)CCCCCC(C)C(C)C(=O)CCCl. The van der Waals surface area contributed by atoms with E-state index in [1.54, 1.807) is 0 Å². The zero-order chi connectivity index (χ0) is 16.0. The van der Waals surface area contributed by atoms with E-state index < -0.39 is 0 Å². The summed E-state index contributed by atoms with van der Waals surface area (Å²) in [7, 11) is 0. The van der Waals surface area contributed by atoms with Gasteiger partial charge < -0.3 is 0 Å². The molecule has 0 saturated carbocycles. The largest absolute Gasteiger partial charge is 0.299 e. The Morgan fingerprint density at radius 2 is 1.55 bits per heavy atom. The minimum atomic E-state index is 0.179. The molecular formula is C18H37ClO. The summed E-state index contributed by atoms with van der Waals surface area (Å²) in [5, 5.41) is 0. The summed E-state index contributed by atoms with van der Waals surface area (Å²) in [6.07, 6.45) is 8.26. The Bertz CT molecular complexity index is 215. The molecule has 0 saturated heterocycles. The summed E-state index contributed by atoms with van der Waals surface area (Å²) >= 11 is 5.61. The van der Waals surface area contributed by atoms with E-state index in [1.165, 1.54) is 38.5 Å². The van der Waals surface area contributed by atoms with Crippen LogP contribution in [-0.4, -0.2) is 11.7 Å². The van der Waals surface area contributed by atoms with Crippen LogP contribution in [0.3, 0.4) is 0 Å². The summed E-state index contributed by atoms with van der Waals surface area (Å²) in [6.45, 7) is 12.8. The highest BCUT2D eigenvalue weighted by Gasteiger charge is 2.18. The van der Waals surface area contributed by atoms with Gasteiger partial charge in [0.05, 0.1) is 0 Å². The molecule has 0 aliphatic carbocycles. The average Bonchev–Trinajstić information content (AvgIpc) is 2.47. The highest BCUT2D eigenvalue weighted by molar-refractivity contribution is 6.19. The predicted molar refractivity (Wildman–Crippen MR) is 92.6 cm³/mol. The highest BCUT2D eigenvalue weighted by Crippen LogP contribution is 2.21. The molecule has 2 heteroatoms. The van der Waals surface area contributed by atoms with E-state index in [1.807, 2.05) is 13.8 Å². The second-order valence-corrected chi connectivity index (χ2v) is 6.20. The number of carbonyl (C=O) groups is 1. The van der Waals surface area contributed by atoms with Crippen molar-refractivity contribution < 1.29 is 4.79 Å². The van der Waals surface area contributed by atoms with Crippen LogP contribution in [-0.2, 0) is 4.79 Å². The lowest BCUT2D eigenvalue weighted by atomic mass is 9.86. The number of unbranched alkanes of at least 4 members (excludes halogenated alkanes) is 2. The summed E-state index contributed by atoms with van der Waals surface area (Å²) in [5.74, 6) is 2.34. The molecule has 20 heavy (non-hydrogen) atoms. The number of hydrogen-bond donors (Lipinski definition) is 0. The monoisotopic (exact) mass is 304 g/mol. The van der Waals surface area contributed by atoms with Crippen molar-refractivity contribution in [1.82, 2.24) is 0 Å². The first-order valence-corrected chi connectivity index (χ1v) is 9.15. The first-order chi connectivity index (χ1) is 9.52. The van der Waals surface area contributed by atoms with Crippen molar-refractivity contribution in [1.29, 1.82) is 0 Å². The fraction of sp³-hybridized carbons (Fsp3) is 0.944. The minimum Gasteiger partial charge on any atom is -0.299 e. The van der Waals surface area contributed by atoms with Crippen LogP contribution >= 0.6 is 11.6 Å². The lowest BCUT2D eigenvalue weighted by Gasteiger charge is -2.18. The van der Waals surface area contributed by atoms with Crippen molar-refractivity contribution in [3.63, 3.8) is 0 Å². The zero-order valence-electron chi connectivity index (χ0n) is 14.7. The van der Waals surface area contributed by atoms with E-state index in [-0.39, 0.29) is 5.92 Å². The number of ketones is 1. The van der Waals surface area contributed by atoms with Gasteiger partial charge in [0.2, 0.25) is 0 Å². The summed E-state index contributed by atoms with van der Waals surface area (Å²) in [6, 6.07) is 0. The molecule has 0 aliphatic heterocycles. The fourth-order valence-corrected chi connectivity index (χ4v) is 2.41. The Hall–Kier alpha value is -0.0400. The van der Waals surface area contributed by atoms with Crippen molar-refractivity contribution in [2.24, 2.45) is 17.8 Å². The van der Waals surface area contributed by atoms with Crippen LogP contribution in [0.5, 0.6) is 0 Å². The smallest absolute Gasteiger partial charge is 0.137 e. The van der Waals surface area contributed by atoms with E-state index in [4.69, 9.17) is 11.6 Å². The molecule has 3 unspecified atom stereocenters. The molecule has 0 amide bonds. The normalized spacial score (nSPS) is 14.9. The summed E-state index contributed by atoms with van der Waals surface area (Å²) in [4.78, 5) is 11.7. The van der Waals surface area contributed by atoms with Gasteiger partial charge in [-0.1, -0.05) is 80.1 Å². The van der Waals surface area contributed by atoms with E-state index >= 15 is 0 Å². The van der Waals surface area contributed by atoms with Crippen LogP contribution in [0.15, 0.2) is 0 Å². The van der Waals surface area contributed by atoms with Crippen molar-refractivity contribution in [2.45, 2.75) is 86.5 Å². The molecule has 0 rings (SSSR count). The first-order valence-electron chi connectivity index (χ1n) is 8.61. The Labute approximate surface area is 132 Å². The van der Waals surface area contributed by atoms with Gasteiger partial charge in [0.1, 0.15) is 5.78 Å². The molecule has 0 radical (unpaired) electrons. The van der Waals surface area contributed by atoms with Crippen LogP contribution in [0, 0.1) is 17.8 Å². The standard InChI is InChI=1S/C16H31ClO.C2H6/c1-5-13(2)9-7-6-8-10-14(3)15(4)16(18)11-12-17;1-2/h13-15H,5-12H2,1-4H3;1-2H3. The zero-order valence-corrected chi connectivity index (χ0v) is 15.4. The van der Waals surface area contributed by atoms with Gasteiger partial charge in [0.15, 0.2) is 0 Å². The summed E-state index contributed by atoms with van der Waals surface area (Å²) < 4.78 is 0. The van der Waals surface area contributed by atoms with Gasteiger partial charge >= 0.3 is 0 Å². The Morgan fingerprint density at radius 3 is 2.05 bits per heavy atom. The third kappa shape index (κ3) is 11.8. The van der Waals surface area contributed by atoms with Crippen LogP contribution in [0.25, 0.3) is 0 Å². The molecule has 0 aromatic rings. The molecule has 0 aliphatic rings. The number of halogens is 1. The number of rotatable bonds is 11. The first kappa shape index (κ1) is 22.2. The molecule has 0 spiro atoms. The quantitative estimate of drug-likeness (QED) is 0.315. The summed E-state index contributed by atoms with van der Waals surface area (Å²) in [5.41, 5.74) is 0. The molecule has 0 fully saturated rings. The van der Waals surface area contributed by atoms with E-state index in [9.17, 15) is 4.79 Å². The molecular weight excluding hydrogens is 268 g/mol. The fourth-order valence-electron chi connectivity index (χ4n) is 2.23. The highest BCUT2D eigenvalue weighted by atomic mass is 35.5. The van der Waals surface area contributed by atoms with Gasteiger partial charge in [-0.2, -0.15) is 0 Å². The third-order valence-electron chi connectivity index (χ3n) is 4.26. The van der Waals surface area contributed by atoms with Crippen LogP contribution in [0.1, 0.15) is 86.5 Å². The van der Waals surface area contributed by atoms with Crippen LogP contribution in [0.2, 0.25) is 0 Å². The minimum absolute atomic E-state index is 0.179. The van der Waals surface area contributed by atoms with Gasteiger partial charge in [-0.05, 0) is 11.8 Å². The second kappa shape index (κ2) is 15.4. The molecule has 0 N–H and O–H groups in total. The average molecular weight is 305 g/mol. The number of Topliss-reactive ketones (excluding diaryl/α,β-unsaturated/α-hetero) is 1.